The van der Waals surface area contributed by atoms with Crippen LogP contribution in [-0.4, -0.2) is 36.5 Å². The largest absolute Gasteiger partial charge is 0.370 e. The van der Waals surface area contributed by atoms with Gasteiger partial charge in [0.25, 0.3) is 0 Å². The molecule has 6 heteroatoms. The molecule has 1 aromatic rings. The van der Waals surface area contributed by atoms with Gasteiger partial charge in [-0.25, -0.2) is 0 Å². The number of halogens is 2. The van der Waals surface area contributed by atoms with Crippen LogP contribution in [0, 0.1) is 0 Å². The summed E-state index contributed by atoms with van der Waals surface area (Å²) in [6, 6.07) is 8.61. The average Bonchev–Trinajstić information content (AvgIpc) is 2.92. The van der Waals surface area contributed by atoms with Gasteiger partial charge in [0.2, 0.25) is 0 Å². The zero-order chi connectivity index (χ0) is 15.2. The van der Waals surface area contributed by atoms with Gasteiger partial charge in [-0.2, -0.15) is 0 Å². The van der Waals surface area contributed by atoms with Gasteiger partial charge in [0, 0.05) is 11.1 Å². The maximum atomic E-state index is 6.14. The maximum Gasteiger partial charge on any atom is 0.188 e. The Morgan fingerprint density at radius 1 is 1.36 bits per heavy atom. The lowest BCUT2D eigenvalue weighted by atomic mass is 10.1. The first-order valence-electron chi connectivity index (χ1n) is 7.62. The molecule has 124 valence electrons. The van der Waals surface area contributed by atoms with Crippen molar-refractivity contribution in [2.24, 2.45) is 10.7 Å². The topological polar surface area (TPSA) is 53.6 Å². The lowest BCUT2D eigenvalue weighted by Gasteiger charge is -2.27. The molecule has 1 fully saturated rings. The van der Waals surface area contributed by atoms with E-state index < -0.39 is 0 Å². The number of nitrogens with zero attached hydrogens (tertiary/aromatic N) is 2. The maximum absolute atomic E-state index is 6.14. The zero-order valence-corrected chi connectivity index (χ0v) is 16.3. The lowest BCUT2D eigenvalue weighted by Crippen LogP contribution is -2.37. The van der Waals surface area contributed by atoms with E-state index in [0.29, 0.717) is 18.5 Å². The smallest absolute Gasteiger partial charge is 0.188 e. The number of benzene rings is 1. The van der Waals surface area contributed by atoms with Crippen LogP contribution in [0.2, 0.25) is 5.02 Å². The van der Waals surface area contributed by atoms with Crippen molar-refractivity contribution in [3.05, 3.63) is 34.9 Å². The number of likely N-dealkylation sites (tertiary alicyclic amines) is 1. The molecule has 1 aliphatic heterocycles. The molecule has 1 heterocycles. The van der Waals surface area contributed by atoms with Gasteiger partial charge in [0.05, 0.1) is 12.6 Å². The van der Waals surface area contributed by atoms with Gasteiger partial charge in [-0.3, -0.25) is 9.89 Å². The molecule has 4 nitrogen and oxygen atoms in total. The van der Waals surface area contributed by atoms with E-state index in [0.717, 1.165) is 18.1 Å². The molecule has 22 heavy (non-hydrogen) atoms. The minimum Gasteiger partial charge on any atom is -0.370 e. The molecule has 1 unspecified atom stereocenters. The van der Waals surface area contributed by atoms with Gasteiger partial charge in [0.1, 0.15) is 0 Å². The van der Waals surface area contributed by atoms with Crippen LogP contribution in [0.1, 0.15) is 38.3 Å². The van der Waals surface area contributed by atoms with Crippen molar-refractivity contribution in [1.29, 1.82) is 0 Å². The second kappa shape index (κ2) is 9.57. The number of guanidine groups is 1. The number of nitrogens with one attached hydrogen (secondary N) is 1. The van der Waals surface area contributed by atoms with Crippen molar-refractivity contribution < 1.29 is 0 Å². The Labute approximate surface area is 155 Å². The van der Waals surface area contributed by atoms with Crippen LogP contribution < -0.4 is 11.1 Å². The van der Waals surface area contributed by atoms with Crippen molar-refractivity contribution >= 4 is 41.5 Å². The molecule has 0 saturated carbocycles. The van der Waals surface area contributed by atoms with E-state index in [1.807, 2.05) is 18.2 Å². The predicted octanol–water partition coefficient (Wildman–Crippen LogP) is 3.41. The van der Waals surface area contributed by atoms with E-state index in [-0.39, 0.29) is 30.0 Å². The highest BCUT2D eigenvalue weighted by Gasteiger charge is 2.23. The highest BCUT2D eigenvalue weighted by Crippen LogP contribution is 2.27. The molecule has 1 aromatic carbocycles. The third-order valence-electron chi connectivity index (χ3n) is 3.69. The fraction of sp³-hybridized carbons (Fsp3) is 0.562. The van der Waals surface area contributed by atoms with Crippen LogP contribution >= 0.6 is 35.6 Å². The molecule has 0 aromatic heterocycles. The summed E-state index contributed by atoms with van der Waals surface area (Å²) in [6.07, 6.45) is 2.50. The fourth-order valence-corrected chi connectivity index (χ4v) is 2.92. The van der Waals surface area contributed by atoms with Crippen LogP contribution in [0.25, 0.3) is 0 Å². The first-order valence-corrected chi connectivity index (χ1v) is 8.00. The van der Waals surface area contributed by atoms with Crippen LogP contribution in [0.3, 0.4) is 0 Å². The van der Waals surface area contributed by atoms with Gasteiger partial charge < -0.3 is 11.1 Å². The monoisotopic (exact) mass is 436 g/mol. The molecule has 2 rings (SSSR count). The van der Waals surface area contributed by atoms with Crippen LogP contribution in [0.5, 0.6) is 0 Å². The van der Waals surface area contributed by atoms with Crippen LogP contribution in [0.15, 0.2) is 29.3 Å². The Morgan fingerprint density at radius 2 is 2.05 bits per heavy atom. The molecule has 0 aliphatic carbocycles. The molecule has 0 amide bonds. The minimum absolute atomic E-state index is 0. The van der Waals surface area contributed by atoms with Crippen LogP contribution in [-0.2, 0) is 0 Å². The molecular weight excluding hydrogens is 411 g/mol. The number of rotatable bonds is 5. The zero-order valence-electron chi connectivity index (χ0n) is 13.3. The summed E-state index contributed by atoms with van der Waals surface area (Å²) in [5, 5.41) is 3.91. The van der Waals surface area contributed by atoms with Gasteiger partial charge in [-0.1, -0.05) is 23.7 Å². The summed E-state index contributed by atoms with van der Waals surface area (Å²) >= 11 is 6.14. The minimum atomic E-state index is 0. The summed E-state index contributed by atoms with van der Waals surface area (Å²) in [4.78, 5) is 6.98. The predicted molar refractivity (Wildman–Crippen MR) is 105 cm³/mol. The lowest BCUT2D eigenvalue weighted by molar-refractivity contribution is 0.251. The first-order chi connectivity index (χ1) is 10.1. The third kappa shape index (κ3) is 5.93. The summed E-state index contributed by atoms with van der Waals surface area (Å²) in [6.45, 7) is 6.99. The fourth-order valence-electron chi connectivity index (χ4n) is 2.73. The number of hydrogen-bond donors (Lipinski definition) is 2. The normalized spacial score (nSPS) is 17.4. The number of aliphatic imine (C=N–C) groups is 1. The SMILES string of the molecule is CC(C)NC(N)=NCC(c1cccc(Cl)c1)N1CCCC1.I. The Morgan fingerprint density at radius 3 is 2.64 bits per heavy atom. The van der Waals surface area contributed by atoms with Gasteiger partial charge in [0.15, 0.2) is 5.96 Å². The number of hydrogen-bond acceptors (Lipinski definition) is 2. The van der Waals surface area contributed by atoms with Crippen LogP contribution in [0.4, 0.5) is 0 Å². The van der Waals surface area contributed by atoms with Gasteiger partial charge in [-0.05, 0) is 57.5 Å². The molecule has 0 bridgehead atoms. The third-order valence-corrected chi connectivity index (χ3v) is 3.92. The number of nitrogens with two attached hydrogens (primary N) is 1. The van der Waals surface area contributed by atoms with E-state index in [2.05, 4.69) is 35.1 Å². The Balaban J connectivity index is 0.00000242. The highest BCUT2D eigenvalue weighted by molar-refractivity contribution is 14.0. The summed E-state index contributed by atoms with van der Waals surface area (Å²) in [7, 11) is 0. The Bertz CT molecular complexity index is 487. The van der Waals surface area contributed by atoms with Crippen molar-refractivity contribution in [1.82, 2.24) is 10.2 Å². The molecule has 1 aliphatic rings. The average molecular weight is 437 g/mol. The van der Waals surface area contributed by atoms with Gasteiger partial charge in [-0.15, -0.1) is 24.0 Å². The van der Waals surface area contributed by atoms with Crippen molar-refractivity contribution in [2.45, 2.75) is 38.8 Å². The molecule has 0 radical (unpaired) electrons. The van der Waals surface area contributed by atoms with E-state index in [1.165, 1.54) is 18.4 Å². The molecular formula is C16H26ClIN4. The second-order valence-electron chi connectivity index (χ2n) is 5.84. The summed E-state index contributed by atoms with van der Waals surface area (Å²) in [5.41, 5.74) is 7.14. The summed E-state index contributed by atoms with van der Waals surface area (Å²) < 4.78 is 0. The van der Waals surface area contributed by atoms with E-state index in [4.69, 9.17) is 17.3 Å². The standard InChI is InChI=1S/C16H25ClN4.HI/c1-12(2)20-16(18)19-11-15(21-8-3-4-9-21)13-6-5-7-14(17)10-13;/h5-7,10,12,15H,3-4,8-9,11H2,1-2H3,(H3,18,19,20);1H. The second-order valence-corrected chi connectivity index (χ2v) is 6.28. The molecule has 0 spiro atoms. The molecule has 1 saturated heterocycles. The highest BCUT2D eigenvalue weighted by atomic mass is 127. The van der Waals surface area contributed by atoms with Crippen molar-refractivity contribution in [2.75, 3.05) is 19.6 Å². The van der Waals surface area contributed by atoms with Gasteiger partial charge >= 0.3 is 0 Å². The quantitative estimate of drug-likeness (QED) is 0.422. The van der Waals surface area contributed by atoms with Crippen molar-refractivity contribution in [3.8, 4) is 0 Å². The van der Waals surface area contributed by atoms with E-state index in [9.17, 15) is 0 Å². The van der Waals surface area contributed by atoms with E-state index in [1.54, 1.807) is 0 Å². The Kier molecular flexibility index (Phi) is 8.49. The molecule has 1 atom stereocenters. The molecule has 3 N–H and O–H groups in total. The summed E-state index contributed by atoms with van der Waals surface area (Å²) in [5.74, 6) is 0.510. The van der Waals surface area contributed by atoms with E-state index >= 15 is 0 Å². The first kappa shape index (κ1) is 19.5. The van der Waals surface area contributed by atoms with Crippen molar-refractivity contribution in [3.63, 3.8) is 0 Å². The Hall–Kier alpha value is -0.530.